The predicted molar refractivity (Wildman–Crippen MR) is 207 cm³/mol. The van der Waals surface area contributed by atoms with Crippen molar-refractivity contribution in [2.75, 3.05) is 63.1 Å². The number of ether oxygens (including phenoxy) is 1. The van der Waals surface area contributed by atoms with E-state index in [1.807, 2.05) is 19.9 Å². The van der Waals surface area contributed by atoms with E-state index in [0.29, 0.717) is 69.5 Å². The third-order valence-corrected chi connectivity index (χ3v) is 14.6. The van der Waals surface area contributed by atoms with Crippen LogP contribution in [0, 0.1) is 35.5 Å². The van der Waals surface area contributed by atoms with Crippen LogP contribution >= 0.6 is 11.6 Å². The fraction of sp³-hybridized carbons (Fsp3) is 0.610. The number of carbonyl (C=O) groups excluding carboxylic acids is 2. The molecule has 1 saturated carbocycles. The van der Waals surface area contributed by atoms with Crippen LogP contribution in [0.25, 0.3) is 0 Å². The van der Waals surface area contributed by atoms with Crippen LogP contribution in [-0.4, -0.2) is 98.9 Å². The van der Waals surface area contributed by atoms with Crippen LogP contribution in [0.1, 0.15) is 80.8 Å². The smallest absolute Gasteiger partial charge is 0.264 e. The van der Waals surface area contributed by atoms with Crippen molar-refractivity contribution in [3.8, 4) is 17.6 Å². The minimum atomic E-state index is -3.95. The second-order valence-corrected chi connectivity index (χ2v) is 18.7. The lowest BCUT2D eigenvalue weighted by Gasteiger charge is -2.52. The van der Waals surface area contributed by atoms with Gasteiger partial charge in [-0.25, -0.2) is 13.1 Å². The number of anilines is 1. The summed E-state index contributed by atoms with van der Waals surface area (Å²) in [4.78, 5) is 32.9. The summed E-state index contributed by atoms with van der Waals surface area (Å²) in [5, 5.41) is 13.6. The molecule has 6 atom stereocenters. The van der Waals surface area contributed by atoms with Crippen molar-refractivity contribution in [1.82, 2.24) is 14.5 Å². The van der Waals surface area contributed by atoms with Gasteiger partial charge in [-0.2, -0.15) is 0 Å². The monoisotopic (exact) mass is 764 g/mol. The predicted octanol–water partition coefficient (Wildman–Crippen LogP) is 4.86. The summed E-state index contributed by atoms with van der Waals surface area (Å²) in [6.07, 6.45) is 5.79. The number of sulfonamides is 1. The Hall–Kier alpha value is -3.30. The Morgan fingerprint density at radius 2 is 1.89 bits per heavy atom. The quantitative estimate of drug-likeness (QED) is 0.426. The highest BCUT2D eigenvalue weighted by Crippen LogP contribution is 2.49. The number of halogens is 1. The van der Waals surface area contributed by atoms with Gasteiger partial charge in [0.05, 0.1) is 36.7 Å². The van der Waals surface area contributed by atoms with Crippen LogP contribution in [0.5, 0.6) is 5.75 Å². The second kappa shape index (κ2) is 15.1. The van der Waals surface area contributed by atoms with E-state index in [1.54, 1.807) is 30.0 Å². The van der Waals surface area contributed by atoms with Crippen molar-refractivity contribution in [2.45, 2.75) is 76.7 Å². The number of piperazine rings is 1. The van der Waals surface area contributed by atoms with E-state index in [0.717, 1.165) is 37.8 Å². The van der Waals surface area contributed by atoms with Crippen molar-refractivity contribution in [2.24, 2.45) is 23.7 Å². The highest BCUT2D eigenvalue weighted by atomic mass is 35.5. The average Bonchev–Trinajstić information content (AvgIpc) is 3.24. The zero-order valence-corrected chi connectivity index (χ0v) is 32.8. The fourth-order valence-electron chi connectivity index (χ4n) is 9.55. The van der Waals surface area contributed by atoms with Crippen LogP contribution < -0.4 is 14.4 Å². The number of fused-ring (bicyclic) bond motifs is 4. The molecule has 5 aliphatic rings. The molecular weight excluding hydrogens is 712 g/mol. The molecule has 7 rings (SSSR count). The topological polar surface area (TPSA) is 119 Å². The van der Waals surface area contributed by atoms with Crippen molar-refractivity contribution in [3.63, 3.8) is 0 Å². The van der Waals surface area contributed by atoms with E-state index in [1.165, 1.54) is 11.1 Å². The number of nitrogens with one attached hydrogen (secondary N) is 1. The molecule has 286 valence electrons. The van der Waals surface area contributed by atoms with Gasteiger partial charge in [-0.1, -0.05) is 37.4 Å². The number of nitrogens with zero attached hydrogens (tertiary/aromatic N) is 3. The molecule has 2 fully saturated rings. The van der Waals surface area contributed by atoms with Gasteiger partial charge >= 0.3 is 0 Å². The molecule has 53 heavy (non-hydrogen) atoms. The summed E-state index contributed by atoms with van der Waals surface area (Å²) in [6.45, 7) is 9.70. The first-order chi connectivity index (χ1) is 25.3. The highest BCUT2D eigenvalue weighted by molar-refractivity contribution is 7.90. The standard InChI is InChI=1S/C41H53ClN4O6S/c1-4-5-17-45-19-18-44(23-38(45)47)26-41(49)16-14-28(2)29(3)24-53(50,51)43-39(48)31-9-13-37-36(21-31)46(22-32-8-11-35(32)41)25-40(27-52-37)15-6-7-30-20-33(42)10-12-34(30)40/h9-10,12-13,20-21,28-29,32,35,49H,6-8,11,14-19,22-27H2,1-3H3,(H,43,48)/t28-,29-,32+,35-,40+,41-/m1/s1. The van der Waals surface area contributed by atoms with Crippen molar-refractivity contribution >= 4 is 39.1 Å². The van der Waals surface area contributed by atoms with Gasteiger partial charge < -0.3 is 19.6 Å². The molecule has 2 aliphatic carbocycles. The number of hydrogen-bond acceptors (Lipinski definition) is 8. The van der Waals surface area contributed by atoms with Gasteiger partial charge in [0, 0.05) is 48.7 Å². The molecule has 2 aromatic rings. The zero-order chi connectivity index (χ0) is 37.5. The lowest BCUT2D eigenvalue weighted by Crippen LogP contribution is -2.60. The van der Waals surface area contributed by atoms with E-state index < -0.39 is 21.5 Å². The first kappa shape index (κ1) is 38.0. The number of aliphatic hydroxyl groups is 1. The molecule has 0 radical (unpaired) electrons. The van der Waals surface area contributed by atoms with Crippen LogP contribution in [0.4, 0.5) is 5.69 Å². The number of amides is 2. The normalized spacial score (nSPS) is 31.9. The molecule has 2 N–H and O–H groups in total. The molecule has 2 bridgehead atoms. The number of carbonyl (C=O) groups is 2. The zero-order valence-electron chi connectivity index (χ0n) is 31.2. The Bertz CT molecular complexity index is 1910. The fourth-order valence-corrected chi connectivity index (χ4v) is 11.2. The number of aryl methyl sites for hydroxylation is 1. The Kier molecular flexibility index (Phi) is 10.8. The number of rotatable bonds is 3. The maximum Gasteiger partial charge on any atom is 0.264 e. The molecule has 3 aliphatic heterocycles. The Labute approximate surface area is 319 Å². The lowest BCUT2D eigenvalue weighted by molar-refractivity contribution is -0.141. The number of hydrogen-bond donors (Lipinski definition) is 2. The second-order valence-electron chi connectivity index (χ2n) is 16.5. The average molecular weight is 765 g/mol. The van der Waals surface area contributed by atoms with Gasteiger partial charge in [-0.3, -0.25) is 14.5 Å². The Morgan fingerprint density at radius 1 is 1.06 bits per heavy atom. The lowest BCUT2D eigenvalue weighted by atomic mass is 9.62. The summed E-state index contributed by atoms with van der Waals surface area (Å²) in [6, 6.07) is 11.4. The van der Waals surface area contributed by atoms with E-state index in [2.05, 4.69) is 38.5 Å². The maximum absolute atomic E-state index is 13.5. The summed E-state index contributed by atoms with van der Waals surface area (Å²) >= 11 is 6.47. The number of benzene rings is 2. The molecule has 1 spiro atoms. The van der Waals surface area contributed by atoms with Gasteiger partial charge in [0.2, 0.25) is 15.9 Å². The van der Waals surface area contributed by atoms with Crippen LogP contribution in [0.15, 0.2) is 36.4 Å². The molecule has 2 amide bonds. The molecule has 0 aromatic heterocycles. The molecular formula is C41H53ClN4O6S. The van der Waals surface area contributed by atoms with E-state index >= 15 is 0 Å². The largest absolute Gasteiger partial charge is 0.490 e. The molecule has 2 aromatic carbocycles. The van der Waals surface area contributed by atoms with Gasteiger partial charge in [0.25, 0.3) is 5.91 Å². The molecule has 12 heteroatoms. The maximum atomic E-state index is 13.5. The first-order valence-corrected chi connectivity index (χ1v) is 21.3. The van der Waals surface area contributed by atoms with Gasteiger partial charge in [0.15, 0.2) is 0 Å². The van der Waals surface area contributed by atoms with Crippen molar-refractivity contribution in [3.05, 3.63) is 58.1 Å². The van der Waals surface area contributed by atoms with Crippen LogP contribution in [0.3, 0.4) is 0 Å². The first-order valence-electron chi connectivity index (χ1n) is 19.3. The minimum absolute atomic E-state index is 0.0199. The third-order valence-electron chi connectivity index (χ3n) is 12.9. The summed E-state index contributed by atoms with van der Waals surface area (Å²) in [7, 11) is -3.95. The van der Waals surface area contributed by atoms with Crippen molar-refractivity contribution in [1.29, 1.82) is 0 Å². The summed E-state index contributed by atoms with van der Waals surface area (Å²) in [5.41, 5.74) is 2.08. The molecule has 1 saturated heterocycles. The minimum Gasteiger partial charge on any atom is -0.490 e. The number of β-amino-alcohol motifs (C(OH)–C–C–N with tert-alkyl or cyclic N) is 1. The van der Waals surface area contributed by atoms with Crippen molar-refractivity contribution < 1.29 is 27.9 Å². The highest BCUT2D eigenvalue weighted by Gasteiger charge is 2.50. The summed E-state index contributed by atoms with van der Waals surface area (Å²) in [5.74, 6) is 5.56. The van der Waals surface area contributed by atoms with Crippen LogP contribution in [0.2, 0.25) is 5.02 Å². The third kappa shape index (κ3) is 7.93. The van der Waals surface area contributed by atoms with E-state index in [9.17, 15) is 23.1 Å². The Morgan fingerprint density at radius 3 is 2.64 bits per heavy atom. The van der Waals surface area contributed by atoms with Crippen LogP contribution in [-0.2, 0) is 26.7 Å². The van der Waals surface area contributed by atoms with Gasteiger partial charge in [-0.05, 0) is 117 Å². The molecule has 3 heterocycles. The molecule has 10 nitrogen and oxygen atoms in total. The van der Waals surface area contributed by atoms with E-state index in [4.69, 9.17) is 16.3 Å². The SMILES string of the molecule is CC#CCN1CCN(C[C@]2(O)CC[C@@H](C)[C@H](C)CS(=O)(=O)NC(=O)c3ccc4c(c3)N(C[C@@H]3CC[C@H]32)C[C@@]2(CCCc3cc(Cl)ccc32)CO4)CC1=O. The summed E-state index contributed by atoms with van der Waals surface area (Å²) < 4.78 is 35.7. The van der Waals surface area contributed by atoms with Gasteiger partial charge in [-0.15, -0.1) is 5.92 Å². The van der Waals surface area contributed by atoms with Gasteiger partial charge in [0.1, 0.15) is 5.75 Å². The molecule has 0 unspecified atom stereocenters. The Balaban J connectivity index is 1.25. The van der Waals surface area contributed by atoms with E-state index in [-0.39, 0.29) is 52.9 Å².